The average Bonchev–Trinajstić information content (AvgIpc) is 3.32. The van der Waals surface area contributed by atoms with Crippen molar-refractivity contribution in [2.75, 3.05) is 18.6 Å². The summed E-state index contributed by atoms with van der Waals surface area (Å²) in [5.41, 5.74) is 4.15. The normalized spacial score (nSPS) is 25.0. The van der Waals surface area contributed by atoms with Crippen molar-refractivity contribution in [2.24, 2.45) is 5.73 Å². The van der Waals surface area contributed by atoms with Crippen molar-refractivity contribution in [3.63, 3.8) is 0 Å². The van der Waals surface area contributed by atoms with Crippen molar-refractivity contribution in [3.05, 3.63) is 11.3 Å². The van der Waals surface area contributed by atoms with Crippen LogP contribution in [0.1, 0.15) is 44.9 Å². The van der Waals surface area contributed by atoms with E-state index in [9.17, 15) is 24.3 Å². The van der Waals surface area contributed by atoms with Crippen molar-refractivity contribution < 1.29 is 38.9 Å². The minimum absolute atomic E-state index is 0.0568. The van der Waals surface area contributed by atoms with Gasteiger partial charge in [-0.15, -0.1) is 11.8 Å². The molecule has 0 aromatic heterocycles. The number of thioether (sulfide) groups is 2. The third-order valence-electron chi connectivity index (χ3n) is 6.13. The lowest BCUT2D eigenvalue weighted by Gasteiger charge is -2.55. The standard InChI is InChI=1S/C21H29N3O8S3/c1-31-21(23-14(25)8-4-7-13(22)16(26)27)18(30)24-15(17(28)29)11(9-34-19(21)24)10-35-20(33)32-12-5-2-3-6-12/h12-13,19H,2-10,22H2,1H3,(H,23,25)(H,26,27)(H,28,29)/t13?,19-,21-/m0/s1. The van der Waals surface area contributed by atoms with Crippen LogP contribution in [0.25, 0.3) is 0 Å². The number of carboxylic acids is 2. The Bertz CT molecular complexity index is 923. The molecular formula is C21H29N3O8S3. The highest BCUT2D eigenvalue weighted by Crippen LogP contribution is 2.47. The number of nitrogens with one attached hydrogen (secondary N) is 1. The number of methoxy groups -OCH3 is 1. The van der Waals surface area contributed by atoms with Gasteiger partial charge in [0, 0.05) is 25.0 Å². The van der Waals surface area contributed by atoms with Crippen LogP contribution in [0.15, 0.2) is 11.3 Å². The van der Waals surface area contributed by atoms with Gasteiger partial charge in [-0.2, -0.15) is 0 Å². The topological polar surface area (TPSA) is 168 Å². The quantitative estimate of drug-likeness (QED) is 0.166. The molecule has 1 unspecified atom stereocenters. The van der Waals surface area contributed by atoms with Crippen LogP contribution in [-0.2, 0) is 28.7 Å². The molecule has 0 bridgehead atoms. The van der Waals surface area contributed by atoms with Crippen molar-refractivity contribution in [3.8, 4) is 0 Å². The second-order valence-corrected chi connectivity index (χ2v) is 11.1. The first-order valence-electron chi connectivity index (χ1n) is 11.2. The van der Waals surface area contributed by atoms with E-state index in [1.165, 1.54) is 30.6 Å². The molecule has 1 saturated carbocycles. The van der Waals surface area contributed by atoms with Crippen molar-refractivity contribution in [1.29, 1.82) is 0 Å². The lowest BCUT2D eigenvalue weighted by atomic mass is 9.98. The Kier molecular flexibility index (Phi) is 9.43. The molecule has 0 radical (unpaired) electrons. The van der Waals surface area contributed by atoms with E-state index in [-0.39, 0.29) is 36.8 Å². The molecule has 35 heavy (non-hydrogen) atoms. The van der Waals surface area contributed by atoms with E-state index in [2.05, 4.69) is 5.32 Å². The summed E-state index contributed by atoms with van der Waals surface area (Å²) in [5.74, 6) is -3.03. The van der Waals surface area contributed by atoms with Crippen LogP contribution in [0.4, 0.5) is 0 Å². The molecule has 3 rings (SSSR count). The first kappa shape index (κ1) is 27.7. The molecule has 0 aromatic carbocycles. The molecule has 5 N–H and O–H groups in total. The molecule has 2 amide bonds. The van der Waals surface area contributed by atoms with Crippen LogP contribution < -0.4 is 11.1 Å². The Morgan fingerprint density at radius 2 is 2.03 bits per heavy atom. The van der Waals surface area contributed by atoms with Crippen LogP contribution in [-0.4, -0.2) is 85.1 Å². The molecule has 194 valence electrons. The van der Waals surface area contributed by atoms with Crippen molar-refractivity contribution >= 4 is 63.9 Å². The van der Waals surface area contributed by atoms with E-state index in [1.807, 2.05) is 0 Å². The van der Waals surface area contributed by atoms with Gasteiger partial charge in [-0.25, -0.2) is 4.79 Å². The number of nitrogens with two attached hydrogens (primary N) is 1. The number of hydrogen-bond acceptors (Lipinski definition) is 10. The summed E-state index contributed by atoms with van der Waals surface area (Å²) < 4.78 is 11.5. The minimum atomic E-state index is -1.70. The molecule has 11 nitrogen and oxygen atoms in total. The highest BCUT2D eigenvalue weighted by molar-refractivity contribution is 8.22. The lowest BCUT2D eigenvalue weighted by molar-refractivity contribution is -0.192. The Balaban J connectivity index is 1.63. The van der Waals surface area contributed by atoms with Gasteiger partial charge in [-0.05, 0) is 56.3 Å². The molecule has 0 aromatic rings. The number of carbonyl (C=O) groups excluding carboxylic acids is 2. The number of β-lactam (4-membered cyclic amide) rings is 1. The van der Waals surface area contributed by atoms with Crippen LogP contribution in [0.5, 0.6) is 0 Å². The number of nitrogens with zero attached hydrogens (tertiary/aromatic N) is 1. The number of hydrogen-bond donors (Lipinski definition) is 4. The maximum absolute atomic E-state index is 13.1. The number of carbonyl (C=O) groups is 4. The Morgan fingerprint density at radius 1 is 1.34 bits per heavy atom. The number of carboxylic acid groups (broad SMARTS) is 2. The van der Waals surface area contributed by atoms with Gasteiger partial charge >= 0.3 is 11.9 Å². The SMILES string of the molecule is CO[C@@]1(NC(=O)CCCC(N)C(=O)O)C(=O)N2C(C(=O)O)=C(CSC(=S)OC3CCCC3)CS[C@H]21. The molecule has 2 fully saturated rings. The Hall–Kier alpha value is -1.87. The molecule has 3 atom stereocenters. The van der Waals surface area contributed by atoms with Gasteiger partial charge < -0.3 is 30.7 Å². The van der Waals surface area contributed by atoms with E-state index >= 15 is 0 Å². The molecule has 2 heterocycles. The molecular weight excluding hydrogens is 518 g/mol. The largest absolute Gasteiger partial charge is 0.480 e. The Morgan fingerprint density at radius 3 is 2.63 bits per heavy atom. The molecule has 3 aliphatic rings. The highest BCUT2D eigenvalue weighted by atomic mass is 32.2. The zero-order valence-electron chi connectivity index (χ0n) is 19.2. The lowest BCUT2D eigenvalue weighted by Crippen LogP contribution is -2.80. The Labute approximate surface area is 216 Å². The fraction of sp³-hybridized carbons (Fsp3) is 0.667. The summed E-state index contributed by atoms with van der Waals surface area (Å²) in [6.07, 6.45) is 4.49. The number of aliphatic carboxylic acids is 2. The fourth-order valence-electron chi connectivity index (χ4n) is 4.25. The van der Waals surface area contributed by atoms with Crippen LogP contribution in [0.2, 0.25) is 0 Å². The van der Waals surface area contributed by atoms with Gasteiger partial charge in [0.25, 0.3) is 11.6 Å². The maximum atomic E-state index is 13.1. The van der Waals surface area contributed by atoms with Gasteiger partial charge in [0.05, 0.1) is 0 Å². The molecule has 1 aliphatic carbocycles. The highest BCUT2D eigenvalue weighted by Gasteiger charge is 2.66. The van der Waals surface area contributed by atoms with Crippen LogP contribution in [0.3, 0.4) is 0 Å². The van der Waals surface area contributed by atoms with E-state index < -0.39 is 40.9 Å². The predicted octanol–water partition coefficient (Wildman–Crippen LogP) is 1.26. The fourth-order valence-corrected chi connectivity index (χ4v) is 6.87. The zero-order chi connectivity index (χ0) is 25.8. The van der Waals surface area contributed by atoms with Crippen molar-refractivity contribution in [1.82, 2.24) is 10.2 Å². The molecule has 0 spiro atoms. The summed E-state index contributed by atoms with van der Waals surface area (Å²) >= 11 is 7.82. The van der Waals surface area contributed by atoms with Gasteiger partial charge in [-0.1, -0.05) is 11.8 Å². The summed E-state index contributed by atoms with van der Waals surface area (Å²) in [4.78, 5) is 49.6. The predicted molar refractivity (Wildman–Crippen MR) is 133 cm³/mol. The van der Waals surface area contributed by atoms with Crippen LogP contribution in [0, 0.1) is 0 Å². The monoisotopic (exact) mass is 547 g/mol. The third kappa shape index (κ3) is 6.10. The van der Waals surface area contributed by atoms with Gasteiger partial charge in [0.1, 0.15) is 23.2 Å². The van der Waals surface area contributed by atoms with E-state index in [0.717, 1.165) is 30.6 Å². The second kappa shape index (κ2) is 11.9. The zero-order valence-corrected chi connectivity index (χ0v) is 21.6. The number of ether oxygens (including phenoxy) is 2. The smallest absolute Gasteiger partial charge is 0.352 e. The minimum Gasteiger partial charge on any atom is -0.480 e. The second-order valence-electron chi connectivity index (χ2n) is 8.48. The van der Waals surface area contributed by atoms with E-state index in [1.54, 1.807) is 0 Å². The average molecular weight is 548 g/mol. The van der Waals surface area contributed by atoms with E-state index in [4.69, 9.17) is 32.5 Å². The summed E-state index contributed by atoms with van der Waals surface area (Å²) in [7, 11) is 1.27. The molecule has 2 aliphatic heterocycles. The summed E-state index contributed by atoms with van der Waals surface area (Å²) in [5, 5.41) is 20.5. The number of rotatable bonds is 11. The maximum Gasteiger partial charge on any atom is 0.352 e. The van der Waals surface area contributed by atoms with Crippen molar-refractivity contribution in [2.45, 2.75) is 68.2 Å². The van der Waals surface area contributed by atoms with Gasteiger partial charge in [0.2, 0.25) is 10.3 Å². The number of amides is 2. The summed E-state index contributed by atoms with van der Waals surface area (Å²) in [6, 6.07) is -1.08. The molecule has 14 heteroatoms. The number of thiocarbonyl (C=S) groups is 1. The van der Waals surface area contributed by atoms with Gasteiger partial charge in [-0.3, -0.25) is 19.3 Å². The third-order valence-corrected chi connectivity index (χ3v) is 8.77. The number of fused-ring (bicyclic) bond motifs is 1. The van der Waals surface area contributed by atoms with E-state index in [0.29, 0.717) is 15.7 Å². The molecule has 1 saturated heterocycles. The van der Waals surface area contributed by atoms with Gasteiger partial charge in [0.15, 0.2) is 0 Å². The van der Waals surface area contributed by atoms with Crippen LogP contribution >= 0.6 is 35.7 Å². The first-order valence-corrected chi connectivity index (χ1v) is 13.6. The first-order chi connectivity index (χ1) is 16.6. The summed E-state index contributed by atoms with van der Waals surface area (Å²) in [6.45, 7) is 0.